The fraction of sp³-hybridized carbons (Fsp3) is 0.0667. The van der Waals surface area contributed by atoms with E-state index >= 15 is 0 Å². The first-order valence-electron chi connectivity index (χ1n) is 6.16. The number of rotatable bonds is 3. The molecule has 3 rings (SSSR count). The summed E-state index contributed by atoms with van der Waals surface area (Å²) in [6, 6.07) is 13.5. The van der Waals surface area contributed by atoms with E-state index in [1.54, 1.807) is 0 Å². The number of hydrogen-bond donors (Lipinski definition) is 1. The summed E-state index contributed by atoms with van der Waals surface area (Å²) in [4.78, 5) is 15.8. The molecule has 1 amide bonds. The van der Waals surface area contributed by atoms with Crippen LogP contribution >= 0.6 is 22.9 Å². The summed E-state index contributed by atoms with van der Waals surface area (Å²) in [5.41, 5.74) is 0.943. The molecule has 0 fully saturated rings. The van der Waals surface area contributed by atoms with Gasteiger partial charge in [0.2, 0.25) is 0 Å². The molecule has 5 heteroatoms. The number of aromatic nitrogens is 1. The Balaban J connectivity index is 1.81. The molecule has 0 spiro atoms. The van der Waals surface area contributed by atoms with Crippen LogP contribution in [0.15, 0.2) is 48.7 Å². The van der Waals surface area contributed by atoms with E-state index < -0.39 is 0 Å². The first-order chi connectivity index (χ1) is 9.75. The van der Waals surface area contributed by atoms with Crippen LogP contribution in [0.5, 0.6) is 0 Å². The predicted molar refractivity (Wildman–Crippen MR) is 81.0 cm³/mol. The Kier molecular flexibility index (Phi) is 3.67. The summed E-state index contributed by atoms with van der Waals surface area (Å²) < 4.78 is 1.02. The van der Waals surface area contributed by atoms with Gasteiger partial charge >= 0.3 is 0 Å². The molecule has 0 aliphatic carbocycles. The third-order valence-corrected chi connectivity index (χ3v) is 4.63. The molecule has 0 atom stereocenters. The monoisotopic (exact) mass is 303 g/mol. The molecule has 2 aromatic heterocycles. The number of hydrogen-bond acceptors (Lipinski definition) is 2. The van der Waals surface area contributed by atoms with Gasteiger partial charge in [-0.2, -0.15) is 0 Å². The number of aromatic amines is 1. The lowest BCUT2D eigenvalue weighted by Crippen LogP contribution is -2.25. The molecule has 3 nitrogen and oxygen atoms in total. The van der Waals surface area contributed by atoms with Crippen LogP contribution in [-0.4, -0.2) is 5.91 Å². The van der Waals surface area contributed by atoms with Crippen LogP contribution in [0.2, 0.25) is 5.02 Å². The van der Waals surface area contributed by atoms with Crippen molar-refractivity contribution in [3.63, 3.8) is 0 Å². The molecule has 2 heterocycles. The van der Waals surface area contributed by atoms with Crippen molar-refractivity contribution in [1.82, 2.24) is 5.32 Å². The van der Waals surface area contributed by atoms with E-state index in [-0.39, 0.29) is 5.91 Å². The molecular formula is C15H12ClN2OS+. The number of fused-ring (bicyclic) bond motifs is 1. The van der Waals surface area contributed by atoms with Crippen molar-refractivity contribution in [2.75, 3.05) is 0 Å². The quantitative estimate of drug-likeness (QED) is 0.792. The molecule has 0 unspecified atom stereocenters. The van der Waals surface area contributed by atoms with Gasteiger partial charge in [-0.15, -0.1) is 11.3 Å². The summed E-state index contributed by atoms with van der Waals surface area (Å²) >= 11 is 7.69. The maximum absolute atomic E-state index is 12.2. The SMILES string of the molecule is O=C(NCc1cccc[nH+]1)c1sc2ccccc2c1Cl. The normalized spacial score (nSPS) is 10.7. The van der Waals surface area contributed by atoms with Gasteiger partial charge in [0, 0.05) is 22.2 Å². The lowest BCUT2D eigenvalue weighted by Gasteiger charge is -2.00. The minimum Gasteiger partial charge on any atom is -0.341 e. The molecule has 0 aliphatic rings. The zero-order chi connectivity index (χ0) is 13.9. The third-order valence-electron chi connectivity index (χ3n) is 2.95. The second-order valence-corrected chi connectivity index (χ2v) is 5.74. The molecular weight excluding hydrogens is 292 g/mol. The van der Waals surface area contributed by atoms with E-state index in [2.05, 4.69) is 10.3 Å². The van der Waals surface area contributed by atoms with Crippen molar-refractivity contribution in [2.45, 2.75) is 6.54 Å². The summed E-state index contributed by atoms with van der Waals surface area (Å²) in [7, 11) is 0. The second-order valence-electron chi connectivity index (χ2n) is 4.31. The van der Waals surface area contributed by atoms with Crippen LogP contribution in [0.4, 0.5) is 0 Å². The molecule has 0 bridgehead atoms. The summed E-state index contributed by atoms with van der Waals surface area (Å²) in [5, 5.41) is 4.33. The molecule has 100 valence electrons. The van der Waals surface area contributed by atoms with E-state index in [1.165, 1.54) is 11.3 Å². The summed E-state index contributed by atoms with van der Waals surface area (Å²) in [5.74, 6) is -0.145. The number of pyridine rings is 1. The maximum atomic E-state index is 12.2. The highest BCUT2D eigenvalue weighted by Crippen LogP contribution is 2.34. The van der Waals surface area contributed by atoms with Gasteiger partial charge in [0.05, 0.1) is 5.02 Å². The van der Waals surface area contributed by atoms with Gasteiger partial charge in [0.15, 0.2) is 11.9 Å². The zero-order valence-corrected chi connectivity index (χ0v) is 12.1. The molecule has 0 saturated carbocycles. The van der Waals surface area contributed by atoms with Crippen molar-refractivity contribution in [3.8, 4) is 0 Å². The topological polar surface area (TPSA) is 43.2 Å². The number of carbonyl (C=O) groups is 1. The fourth-order valence-electron chi connectivity index (χ4n) is 1.96. The average molecular weight is 304 g/mol. The number of amides is 1. The standard InChI is InChI=1S/C15H11ClN2OS/c16-13-11-6-1-2-7-12(11)20-14(13)15(19)18-9-10-5-3-4-8-17-10/h1-8H,9H2,(H,18,19)/p+1. The van der Waals surface area contributed by atoms with Gasteiger partial charge in [-0.3, -0.25) is 4.79 Å². The number of benzene rings is 1. The molecule has 0 radical (unpaired) electrons. The van der Waals surface area contributed by atoms with Crippen LogP contribution in [0.3, 0.4) is 0 Å². The van der Waals surface area contributed by atoms with E-state index in [0.717, 1.165) is 15.8 Å². The number of thiophene rings is 1. The molecule has 0 saturated heterocycles. The van der Waals surface area contributed by atoms with Gasteiger partial charge in [-0.25, -0.2) is 4.98 Å². The first-order valence-corrected chi connectivity index (χ1v) is 7.36. The van der Waals surface area contributed by atoms with Crippen molar-refractivity contribution in [2.24, 2.45) is 0 Å². The number of nitrogens with one attached hydrogen (secondary N) is 2. The van der Waals surface area contributed by atoms with Gasteiger partial charge in [0.1, 0.15) is 11.4 Å². The van der Waals surface area contributed by atoms with Crippen LogP contribution in [0.1, 0.15) is 15.4 Å². The van der Waals surface area contributed by atoms with Gasteiger partial charge in [0.25, 0.3) is 5.91 Å². The highest BCUT2D eigenvalue weighted by molar-refractivity contribution is 7.21. The predicted octanol–water partition coefficient (Wildman–Crippen LogP) is 3.30. The van der Waals surface area contributed by atoms with Gasteiger partial charge in [-0.1, -0.05) is 35.9 Å². The molecule has 1 aromatic carbocycles. The van der Waals surface area contributed by atoms with E-state index in [0.29, 0.717) is 16.4 Å². The summed E-state index contributed by atoms with van der Waals surface area (Å²) in [6.45, 7) is 0.449. The lowest BCUT2D eigenvalue weighted by molar-refractivity contribution is -0.390. The maximum Gasteiger partial charge on any atom is 0.263 e. The van der Waals surface area contributed by atoms with Crippen LogP contribution in [-0.2, 0) is 6.54 Å². The Labute approximate surface area is 125 Å². The van der Waals surface area contributed by atoms with Gasteiger partial charge in [-0.05, 0) is 6.07 Å². The fourth-order valence-corrected chi connectivity index (χ4v) is 3.39. The largest absolute Gasteiger partial charge is 0.341 e. The number of H-pyrrole nitrogens is 1. The highest BCUT2D eigenvalue weighted by atomic mass is 35.5. The van der Waals surface area contributed by atoms with E-state index in [4.69, 9.17) is 11.6 Å². The number of halogens is 1. The van der Waals surface area contributed by atoms with E-state index in [9.17, 15) is 4.79 Å². The van der Waals surface area contributed by atoms with Crippen molar-refractivity contribution in [3.05, 3.63) is 64.3 Å². The van der Waals surface area contributed by atoms with E-state index in [1.807, 2.05) is 48.7 Å². The minimum absolute atomic E-state index is 0.145. The highest BCUT2D eigenvalue weighted by Gasteiger charge is 2.17. The first kappa shape index (κ1) is 13.1. The Hall–Kier alpha value is -1.91. The Morgan fingerprint density at radius 2 is 2.00 bits per heavy atom. The van der Waals surface area contributed by atoms with Crippen molar-refractivity contribution >= 4 is 38.9 Å². The minimum atomic E-state index is -0.145. The molecule has 3 aromatic rings. The Bertz CT molecular complexity index is 755. The van der Waals surface area contributed by atoms with Crippen molar-refractivity contribution < 1.29 is 9.78 Å². The third kappa shape index (κ3) is 2.53. The molecule has 0 aliphatic heterocycles. The number of carbonyl (C=O) groups excluding carboxylic acids is 1. The molecule has 2 N–H and O–H groups in total. The van der Waals surface area contributed by atoms with Crippen molar-refractivity contribution in [1.29, 1.82) is 0 Å². The Morgan fingerprint density at radius 3 is 2.75 bits per heavy atom. The van der Waals surface area contributed by atoms with Gasteiger partial charge < -0.3 is 5.32 Å². The van der Waals surface area contributed by atoms with Crippen LogP contribution in [0, 0.1) is 0 Å². The smallest absolute Gasteiger partial charge is 0.263 e. The van der Waals surface area contributed by atoms with Crippen LogP contribution in [0.25, 0.3) is 10.1 Å². The second kappa shape index (κ2) is 5.61. The Morgan fingerprint density at radius 1 is 1.20 bits per heavy atom. The lowest BCUT2D eigenvalue weighted by atomic mass is 10.2. The van der Waals surface area contributed by atoms with Crippen LogP contribution < -0.4 is 10.3 Å². The molecule has 20 heavy (non-hydrogen) atoms. The average Bonchev–Trinajstić information content (AvgIpc) is 2.84. The summed E-state index contributed by atoms with van der Waals surface area (Å²) in [6.07, 6.45) is 1.83. The zero-order valence-electron chi connectivity index (χ0n) is 10.5.